The van der Waals surface area contributed by atoms with Crippen molar-refractivity contribution < 1.29 is 4.79 Å². The van der Waals surface area contributed by atoms with E-state index in [0.717, 1.165) is 28.6 Å². The molecule has 1 N–H and O–H groups in total. The molecule has 1 aliphatic rings. The zero-order valence-electron chi connectivity index (χ0n) is 14.2. The number of likely N-dealkylation sites (tertiary alicyclic amines) is 1. The first kappa shape index (κ1) is 16.2. The number of hydrogen-bond donors (Lipinski definition) is 1. The Kier molecular flexibility index (Phi) is 4.50. The Hall–Kier alpha value is -2.25. The number of nitrogens with one attached hydrogen (secondary N) is 1. The predicted molar refractivity (Wildman–Crippen MR) is 99.4 cm³/mol. The standard InChI is InChI=1S/C18H21N5OS/c1-13-21-23-12-16(20-18(23)25-13)17(24)19-15-6-4-14(5-7-15)8-11-22-9-2-3-10-22/h4-7,12H,2-3,8-11H2,1H3,(H,19,24). The molecule has 0 spiro atoms. The second-order valence-corrected chi connectivity index (χ2v) is 7.58. The van der Waals surface area contributed by atoms with Crippen LogP contribution in [0.15, 0.2) is 30.5 Å². The number of amides is 1. The lowest BCUT2D eigenvalue weighted by atomic mass is 10.1. The second-order valence-electron chi connectivity index (χ2n) is 6.42. The summed E-state index contributed by atoms with van der Waals surface area (Å²) >= 11 is 1.47. The molecule has 7 heteroatoms. The molecule has 25 heavy (non-hydrogen) atoms. The van der Waals surface area contributed by atoms with Crippen LogP contribution in [0.5, 0.6) is 0 Å². The van der Waals surface area contributed by atoms with Crippen molar-refractivity contribution in [3.63, 3.8) is 0 Å². The zero-order chi connectivity index (χ0) is 17.2. The van der Waals surface area contributed by atoms with Crippen LogP contribution in [0, 0.1) is 6.92 Å². The Morgan fingerprint density at radius 2 is 2.00 bits per heavy atom. The number of rotatable bonds is 5. The smallest absolute Gasteiger partial charge is 0.275 e. The van der Waals surface area contributed by atoms with Crippen molar-refractivity contribution in [2.45, 2.75) is 26.2 Å². The van der Waals surface area contributed by atoms with Crippen molar-refractivity contribution in [2.75, 3.05) is 25.0 Å². The molecule has 0 bridgehead atoms. The minimum atomic E-state index is -0.208. The van der Waals surface area contributed by atoms with E-state index in [9.17, 15) is 4.79 Å². The summed E-state index contributed by atoms with van der Waals surface area (Å²) < 4.78 is 1.65. The van der Waals surface area contributed by atoms with E-state index in [1.165, 1.54) is 42.8 Å². The van der Waals surface area contributed by atoms with E-state index >= 15 is 0 Å². The van der Waals surface area contributed by atoms with Crippen LogP contribution in [-0.2, 0) is 6.42 Å². The molecule has 3 aromatic rings. The van der Waals surface area contributed by atoms with Gasteiger partial charge in [0.15, 0.2) is 0 Å². The molecule has 0 aliphatic carbocycles. The van der Waals surface area contributed by atoms with Gasteiger partial charge in [-0.05, 0) is 57.0 Å². The SMILES string of the molecule is Cc1nn2cc(C(=O)Nc3ccc(CCN4CCCC4)cc3)nc2s1. The monoisotopic (exact) mass is 355 g/mol. The van der Waals surface area contributed by atoms with E-state index in [4.69, 9.17) is 0 Å². The summed E-state index contributed by atoms with van der Waals surface area (Å²) in [7, 11) is 0. The van der Waals surface area contributed by atoms with Crippen LogP contribution in [-0.4, -0.2) is 45.0 Å². The topological polar surface area (TPSA) is 62.5 Å². The van der Waals surface area contributed by atoms with E-state index in [0.29, 0.717) is 5.69 Å². The number of carbonyl (C=O) groups is 1. The highest BCUT2D eigenvalue weighted by molar-refractivity contribution is 7.16. The molecule has 1 aliphatic heterocycles. The first-order valence-corrected chi connectivity index (χ1v) is 9.44. The number of hydrogen-bond acceptors (Lipinski definition) is 5. The fourth-order valence-corrected chi connectivity index (χ4v) is 3.88. The van der Waals surface area contributed by atoms with Gasteiger partial charge < -0.3 is 10.2 Å². The maximum absolute atomic E-state index is 12.3. The molecule has 1 aromatic carbocycles. The number of anilines is 1. The Balaban J connectivity index is 1.36. The lowest BCUT2D eigenvalue weighted by Gasteiger charge is -2.14. The van der Waals surface area contributed by atoms with Gasteiger partial charge in [0.05, 0.1) is 6.20 Å². The molecule has 0 saturated carbocycles. The lowest BCUT2D eigenvalue weighted by Crippen LogP contribution is -2.21. The van der Waals surface area contributed by atoms with Crippen molar-refractivity contribution in [1.29, 1.82) is 0 Å². The van der Waals surface area contributed by atoms with Gasteiger partial charge >= 0.3 is 0 Å². The lowest BCUT2D eigenvalue weighted by molar-refractivity contribution is 0.102. The van der Waals surface area contributed by atoms with Crippen molar-refractivity contribution in [3.8, 4) is 0 Å². The van der Waals surface area contributed by atoms with Crippen LogP contribution >= 0.6 is 11.3 Å². The van der Waals surface area contributed by atoms with Crippen LogP contribution in [0.4, 0.5) is 5.69 Å². The maximum atomic E-state index is 12.3. The zero-order valence-corrected chi connectivity index (χ0v) is 15.1. The average molecular weight is 355 g/mol. The summed E-state index contributed by atoms with van der Waals surface area (Å²) in [5.74, 6) is -0.208. The van der Waals surface area contributed by atoms with Crippen LogP contribution < -0.4 is 5.32 Å². The molecule has 130 valence electrons. The minimum Gasteiger partial charge on any atom is -0.321 e. The summed E-state index contributed by atoms with van der Waals surface area (Å²) in [6.45, 7) is 5.49. The number of nitrogens with zero attached hydrogens (tertiary/aromatic N) is 4. The number of aromatic nitrogens is 3. The summed E-state index contributed by atoms with van der Waals surface area (Å²) in [6, 6.07) is 8.08. The number of carbonyl (C=O) groups excluding carboxylic acids is 1. The van der Waals surface area contributed by atoms with Crippen LogP contribution in [0.1, 0.15) is 33.9 Å². The molecule has 1 fully saturated rings. The Labute approximate surface area is 150 Å². The molecule has 0 atom stereocenters. The molecule has 2 aromatic heterocycles. The number of fused-ring (bicyclic) bond motifs is 1. The third-order valence-electron chi connectivity index (χ3n) is 4.50. The van der Waals surface area contributed by atoms with Crippen LogP contribution in [0.2, 0.25) is 0 Å². The van der Waals surface area contributed by atoms with Gasteiger partial charge in [-0.15, -0.1) is 0 Å². The average Bonchev–Trinajstić information content (AvgIpc) is 3.30. The second kappa shape index (κ2) is 6.93. The molecule has 0 unspecified atom stereocenters. The van der Waals surface area contributed by atoms with E-state index in [2.05, 4.69) is 32.4 Å². The van der Waals surface area contributed by atoms with Crippen LogP contribution in [0.25, 0.3) is 4.96 Å². The highest BCUT2D eigenvalue weighted by atomic mass is 32.1. The van der Waals surface area contributed by atoms with E-state index in [1.54, 1.807) is 10.7 Å². The van der Waals surface area contributed by atoms with Crippen LogP contribution in [0.3, 0.4) is 0 Å². The fourth-order valence-electron chi connectivity index (χ4n) is 3.15. The molecular weight excluding hydrogens is 334 g/mol. The minimum absolute atomic E-state index is 0.208. The molecular formula is C18H21N5OS. The predicted octanol–water partition coefficient (Wildman–Crippen LogP) is 2.99. The summed E-state index contributed by atoms with van der Waals surface area (Å²) in [4.78, 5) is 19.9. The van der Waals surface area contributed by atoms with Crippen molar-refractivity contribution >= 4 is 27.9 Å². The largest absolute Gasteiger partial charge is 0.321 e. The number of benzene rings is 1. The maximum Gasteiger partial charge on any atom is 0.275 e. The number of imidazole rings is 1. The molecule has 1 amide bonds. The normalized spacial score (nSPS) is 15.1. The van der Waals surface area contributed by atoms with Gasteiger partial charge in [-0.25, -0.2) is 9.50 Å². The van der Waals surface area contributed by atoms with Gasteiger partial charge in [0.2, 0.25) is 4.96 Å². The van der Waals surface area contributed by atoms with Gasteiger partial charge in [-0.2, -0.15) is 5.10 Å². The first-order chi connectivity index (χ1) is 12.2. The quantitative estimate of drug-likeness (QED) is 0.764. The molecule has 1 saturated heterocycles. The van der Waals surface area contributed by atoms with Gasteiger partial charge in [0, 0.05) is 12.2 Å². The summed E-state index contributed by atoms with van der Waals surface area (Å²) in [6.07, 6.45) is 5.37. The third-order valence-corrected chi connectivity index (χ3v) is 5.34. The summed E-state index contributed by atoms with van der Waals surface area (Å²) in [5, 5.41) is 8.11. The molecule has 6 nitrogen and oxygen atoms in total. The Bertz CT molecular complexity index is 845. The Morgan fingerprint density at radius 3 is 2.72 bits per heavy atom. The van der Waals surface area contributed by atoms with Crippen molar-refractivity contribution in [1.82, 2.24) is 19.5 Å². The van der Waals surface area contributed by atoms with E-state index in [1.807, 2.05) is 19.1 Å². The van der Waals surface area contributed by atoms with E-state index in [-0.39, 0.29) is 5.91 Å². The highest BCUT2D eigenvalue weighted by Crippen LogP contribution is 2.16. The third kappa shape index (κ3) is 3.72. The Morgan fingerprint density at radius 1 is 1.24 bits per heavy atom. The highest BCUT2D eigenvalue weighted by Gasteiger charge is 2.14. The summed E-state index contributed by atoms with van der Waals surface area (Å²) in [5.41, 5.74) is 2.47. The fraction of sp³-hybridized carbons (Fsp3) is 0.389. The molecule has 3 heterocycles. The molecule has 0 radical (unpaired) electrons. The van der Waals surface area contributed by atoms with Crippen molar-refractivity contribution in [2.24, 2.45) is 0 Å². The first-order valence-electron chi connectivity index (χ1n) is 8.63. The van der Waals surface area contributed by atoms with Gasteiger partial charge in [0.1, 0.15) is 10.7 Å². The number of aryl methyl sites for hydroxylation is 1. The van der Waals surface area contributed by atoms with Gasteiger partial charge in [-0.3, -0.25) is 4.79 Å². The van der Waals surface area contributed by atoms with E-state index < -0.39 is 0 Å². The molecule has 4 rings (SSSR count). The van der Waals surface area contributed by atoms with Gasteiger partial charge in [0.25, 0.3) is 5.91 Å². The van der Waals surface area contributed by atoms with Gasteiger partial charge in [-0.1, -0.05) is 23.5 Å². The van der Waals surface area contributed by atoms with Crippen molar-refractivity contribution in [3.05, 3.63) is 46.7 Å².